The number of methoxy groups -OCH3 is 1. The lowest BCUT2D eigenvalue weighted by Crippen LogP contribution is -2.22. The highest BCUT2D eigenvalue weighted by molar-refractivity contribution is 6.15. The first-order valence-electron chi connectivity index (χ1n) is 10.8. The van der Waals surface area contributed by atoms with E-state index in [0.29, 0.717) is 53.1 Å². The summed E-state index contributed by atoms with van der Waals surface area (Å²) in [6.07, 6.45) is 5.03. The van der Waals surface area contributed by atoms with Crippen molar-refractivity contribution >= 4 is 17.8 Å². The summed E-state index contributed by atoms with van der Waals surface area (Å²) in [5.74, 6) is 1.49. The molecule has 1 unspecified atom stereocenters. The Morgan fingerprint density at radius 3 is 2.74 bits per heavy atom. The molecule has 2 aromatic carbocycles. The lowest BCUT2D eigenvalue weighted by atomic mass is 9.84. The summed E-state index contributed by atoms with van der Waals surface area (Å²) in [7, 11) is 1.55. The van der Waals surface area contributed by atoms with E-state index < -0.39 is 5.92 Å². The van der Waals surface area contributed by atoms with Gasteiger partial charge in [-0.15, -0.1) is 0 Å². The van der Waals surface area contributed by atoms with Crippen LogP contribution >= 0.6 is 0 Å². The van der Waals surface area contributed by atoms with E-state index in [2.05, 4.69) is 4.98 Å². The third-order valence-electron chi connectivity index (χ3n) is 6.01. The predicted octanol–water partition coefficient (Wildman–Crippen LogP) is 3.92. The minimum absolute atomic E-state index is 0.0749. The van der Waals surface area contributed by atoms with Crippen LogP contribution in [0.25, 0.3) is 6.08 Å². The monoisotopic (exact) mass is 457 g/mol. The number of aromatic nitrogens is 1. The maximum atomic E-state index is 13.1. The van der Waals surface area contributed by atoms with Crippen molar-refractivity contribution in [1.82, 2.24) is 4.98 Å². The van der Waals surface area contributed by atoms with Crippen molar-refractivity contribution < 1.29 is 33.3 Å². The Morgan fingerprint density at radius 2 is 1.91 bits per heavy atom. The molecule has 3 aromatic rings. The molecule has 3 aliphatic heterocycles. The van der Waals surface area contributed by atoms with Crippen molar-refractivity contribution in [1.29, 1.82) is 0 Å². The number of Topliss-reactive ketones (excluding diaryl/α,β-unsaturated/α-hetero) is 1. The number of nitrogens with zero attached hydrogens (tertiary/aromatic N) is 1. The number of esters is 1. The van der Waals surface area contributed by atoms with Crippen LogP contribution in [0.5, 0.6) is 28.7 Å². The normalized spacial score (nSPS) is 19.2. The van der Waals surface area contributed by atoms with Crippen LogP contribution in [-0.2, 0) is 4.79 Å². The summed E-state index contributed by atoms with van der Waals surface area (Å²) >= 11 is 0. The molecule has 0 aliphatic carbocycles. The molecule has 170 valence electrons. The third-order valence-corrected chi connectivity index (χ3v) is 6.01. The van der Waals surface area contributed by atoms with E-state index in [4.69, 9.17) is 23.7 Å². The van der Waals surface area contributed by atoms with Crippen molar-refractivity contribution in [2.24, 2.45) is 0 Å². The van der Waals surface area contributed by atoms with Gasteiger partial charge in [-0.2, -0.15) is 0 Å². The molecule has 0 N–H and O–H groups in total. The molecule has 0 bridgehead atoms. The number of ketones is 1. The summed E-state index contributed by atoms with van der Waals surface area (Å²) in [5, 5.41) is 0. The van der Waals surface area contributed by atoms with Crippen LogP contribution in [0.1, 0.15) is 39.4 Å². The Morgan fingerprint density at radius 1 is 1.03 bits per heavy atom. The molecule has 3 aliphatic rings. The molecular weight excluding hydrogens is 438 g/mol. The maximum absolute atomic E-state index is 13.1. The summed E-state index contributed by atoms with van der Waals surface area (Å²) < 4.78 is 28.6. The lowest BCUT2D eigenvalue weighted by Gasteiger charge is -2.28. The SMILES string of the molecule is COc1cc(C2CC(=O)Oc3ccc4c(c32)O/C(=C/c2cccnc2)C4=O)cc2c1OCCO2. The van der Waals surface area contributed by atoms with E-state index in [0.717, 1.165) is 11.1 Å². The van der Waals surface area contributed by atoms with Crippen LogP contribution in [0, 0.1) is 0 Å². The van der Waals surface area contributed by atoms with Gasteiger partial charge in [-0.3, -0.25) is 14.6 Å². The summed E-state index contributed by atoms with van der Waals surface area (Å²) in [5.41, 5.74) is 2.57. The predicted molar refractivity (Wildman–Crippen MR) is 120 cm³/mol. The van der Waals surface area contributed by atoms with Gasteiger partial charge in [0.15, 0.2) is 17.3 Å². The second-order valence-corrected chi connectivity index (χ2v) is 8.06. The number of carbonyl (C=O) groups excluding carboxylic acids is 2. The molecule has 0 saturated heterocycles. The smallest absolute Gasteiger partial charge is 0.312 e. The van der Waals surface area contributed by atoms with Crippen LogP contribution in [0.3, 0.4) is 0 Å². The molecule has 8 heteroatoms. The second-order valence-electron chi connectivity index (χ2n) is 8.06. The average Bonchev–Trinajstić information content (AvgIpc) is 3.18. The van der Waals surface area contributed by atoms with Gasteiger partial charge in [0.1, 0.15) is 24.7 Å². The number of hydrogen-bond donors (Lipinski definition) is 0. The fourth-order valence-electron chi connectivity index (χ4n) is 4.50. The van der Waals surface area contributed by atoms with Crippen LogP contribution < -0.4 is 23.7 Å². The topological polar surface area (TPSA) is 93.2 Å². The number of allylic oxidation sites excluding steroid dienone is 1. The van der Waals surface area contributed by atoms with Gasteiger partial charge in [-0.1, -0.05) is 6.07 Å². The van der Waals surface area contributed by atoms with Crippen molar-refractivity contribution in [3.8, 4) is 28.7 Å². The fourth-order valence-corrected chi connectivity index (χ4v) is 4.50. The number of ether oxygens (including phenoxy) is 5. The first-order valence-corrected chi connectivity index (χ1v) is 10.8. The van der Waals surface area contributed by atoms with E-state index in [-0.39, 0.29) is 23.9 Å². The van der Waals surface area contributed by atoms with E-state index in [1.165, 1.54) is 0 Å². The minimum Gasteiger partial charge on any atom is -0.493 e. The Labute approximate surface area is 194 Å². The largest absolute Gasteiger partial charge is 0.493 e. The molecule has 34 heavy (non-hydrogen) atoms. The first-order chi connectivity index (χ1) is 16.6. The van der Waals surface area contributed by atoms with Crippen molar-refractivity contribution in [3.05, 3.63) is 76.8 Å². The van der Waals surface area contributed by atoms with Gasteiger partial charge >= 0.3 is 5.97 Å². The number of hydrogen-bond acceptors (Lipinski definition) is 8. The van der Waals surface area contributed by atoms with Crippen LogP contribution in [0.2, 0.25) is 0 Å². The van der Waals surface area contributed by atoms with Gasteiger partial charge in [0.05, 0.1) is 19.1 Å². The minimum atomic E-state index is -0.429. The summed E-state index contributed by atoms with van der Waals surface area (Å²) in [4.78, 5) is 29.7. The highest BCUT2D eigenvalue weighted by Gasteiger charge is 2.39. The number of carbonyl (C=O) groups is 2. The molecule has 6 rings (SSSR count). The third kappa shape index (κ3) is 3.26. The van der Waals surface area contributed by atoms with Crippen molar-refractivity contribution in [2.75, 3.05) is 20.3 Å². The van der Waals surface area contributed by atoms with Gasteiger partial charge < -0.3 is 23.7 Å². The molecule has 0 radical (unpaired) electrons. The molecule has 0 amide bonds. The number of pyridine rings is 1. The van der Waals surface area contributed by atoms with Gasteiger partial charge in [0, 0.05) is 23.9 Å². The van der Waals surface area contributed by atoms with Crippen LogP contribution in [0.15, 0.2) is 54.6 Å². The molecule has 1 atom stereocenters. The molecule has 0 fully saturated rings. The first kappa shape index (κ1) is 20.3. The van der Waals surface area contributed by atoms with Gasteiger partial charge in [-0.25, -0.2) is 0 Å². The average molecular weight is 457 g/mol. The van der Waals surface area contributed by atoms with Crippen LogP contribution in [0.4, 0.5) is 0 Å². The van der Waals surface area contributed by atoms with E-state index in [9.17, 15) is 9.59 Å². The Bertz CT molecular complexity index is 1350. The number of rotatable bonds is 3. The quantitative estimate of drug-likeness (QED) is 0.332. The lowest BCUT2D eigenvalue weighted by molar-refractivity contribution is -0.135. The molecular formula is C26H19NO7. The molecule has 0 saturated carbocycles. The Hall–Kier alpha value is -4.33. The van der Waals surface area contributed by atoms with Gasteiger partial charge in [0.25, 0.3) is 0 Å². The number of fused-ring (bicyclic) bond motifs is 4. The Balaban J connectivity index is 1.48. The molecule has 4 heterocycles. The van der Waals surface area contributed by atoms with Crippen molar-refractivity contribution in [2.45, 2.75) is 12.3 Å². The zero-order valence-electron chi connectivity index (χ0n) is 18.2. The maximum Gasteiger partial charge on any atom is 0.312 e. The van der Waals surface area contributed by atoms with Gasteiger partial charge in [0.2, 0.25) is 11.5 Å². The second kappa shape index (κ2) is 7.91. The van der Waals surface area contributed by atoms with Crippen molar-refractivity contribution in [3.63, 3.8) is 0 Å². The summed E-state index contributed by atoms with van der Waals surface area (Å²) in [6.45, 7) is 0.842. The van der Waals surface area contributed by atoms with E-state index in [1.54, 1.807) is 43.8 Å². The highest BCUT2D eigenvalue weighted by atomic mass is 16.6. The summed E-state index contributed by atoms with van der Waals surface area (Å²) in [6, 6.07) is 10.5. The zero-order chi connectivity index (χ0) is 23.2. The molecule has 0 spiro atoms. The highest BCUT2D eigenvalue weighted by Crippen LogP contribution is 2.51. The zero-order valence-corrected chi connectivity index (χ0v) is 18.2. The van der Waals surface area contributed by atoms with E-state index in [1.807, 2.05) is 18.2 Å². The fraction of sp³-hybridized carbons (Fsp3) is 0.192. The molecule has 1 aromatic heterocycles. The van der Waals surface area contributed by atoms with Gasteiger partial charge in [-0.05, 0) is 47.5 Å². The van der Waals surface area contributed by atoms with E-state index >= 15 is 0 Å². The molecule has 8 nitrogen and oxygen atoms in total. The number of benzene rings is 2. The Kier molecular flexibility index (Phi) is 4.72. The van der Waals surface area contributed by atoms with Crippen LogP contribution in [-0.4, -0.2) is 37.1 Å². The standard InChI is InChI=1S/C26H19NO7/c1-30-20-10-15(11-21-26(20)32-8-7-31-21)17-12-22(28)33-18-5-4-16-24(29)19(34-25(16)23(17)18)9-14-3-2-6-27-13-14/h2-6,9-11,13,17H,7-8,12H2,1H3/b19-9+.